The van der Waals surface area contributed by atoms with Crippen molar-refractivity contribution in [3.63, 3.8) is 0 Å². The van der Waals surface area contributed by atoms with Gasteiger partial charge in [0.05, 0.1) is 17.9 Å². The molecule has 1 atom stereocenters. The summed E-state index contributed by atoms with van der Waals surface area (Å²) in [5.41, 5.74) is 8.47. The molecular weight excluding hydrogens is 236 g/mol. The molecule has 4 heteroatoms. The number of hydrogen-bond acceptors (Lipinski definition) is 3. The van der Waals surface area contributed by atoms with Crippen LogP contribution in [0.1, 0.15) is 17.3 Å². The molecule has 1 heterocycles. The first kappa shape index (κ1) is 11.9. The van der Waals surface area contributed by atoms with E-state index in [1.807, 2.05) is 7.05 Å². The molecule has 0 spiro atoms. The molecule has 3 aromatic rings. The van der Waals surface area contributed by atoms with Crippen molar-refractivity contribution in [1.29, 1.82) is 0 Å². The van der Waals surface area contributed by atoms with E-state index in [4.69, 9.17) is 5.73 Å². The van der Waals surface area contributed by atoms with Crippen molar-refractivity contribution >= 4 is 10.8 Å². The molecule has 4 nitrogen and oxygen atoms in total. The molecule has 0 aliphatic carbocycles. The Bertz CT molecular complexity index is 697. The van der Waals surface area contributed by atoms with Crippen LogP contribution in [0.2, 0.25) is 0 Å². The molecule has 0 radical (unpaired) electrons. The Morgan fingerprint density at radius 2 is 1.95 bits per heavy atom. The highest BCUT2D eigenvalue weighted by molar-refractivity contribution is 5.85. The average Bonchev–Trinajstić information content (AvgIpc) is 2.85. The lowest BCUT2D eigenvalue weighted by Crippen LogP contribution is -2.17. The van der Waals surface area contributed by atoms with Crippen molar-refractivity contribution in [2.45, 2.75) is 12.5 Å². The van der Waals surface area contributed by atoms with Crippen LogP contribution in [0.15, 0.2) is 48.7 Å². The molecule has 2 N–H and O–H groups in total. The standard InChI is InChI=1S/C15H16N4/c1-19-15(10-17-18-19)14(16)9-12-7-4-6-11-5-2-3-8-13(11)12/h2-8,10,14H,9,16H2,1H3. The summed E-state index contributed by atoms with van der Waals surface area (Å²) in [5.74, 6) is 0. The minimum Gasteiger partial charge on any atom is -0.322 e. The van der Waals surface area contributed by atoms with Gasteiger partial charge < -0.3 is 5.73 Å². The van der Waals surface area contributed by atoms with Gasteiger partial charge in [0.25, 0.3) is 0 Å². The zero-order chi connectivity index (χ0) is 13.2. The van der Waals surface area contributed by atoms with Crippen LogP contribution in [0.25, 0.3) is 10.8 Å². The summed E-state index contributed by atoms with van der Waals surface area (Å²) in [6, 6.07) is 14.6. The van der Waals surface area contributed by atoms with E-state index in [0.29, 0.717) is 0 Å². The van der Waals surface area contributed by atoms with Crippen molar-refractivity contribution in [3.05, 3.63) is 59.9 Å². The van der Waals surface area contributed by atoms with E-state index in [0.717, 1.165) is 12.1 Å². The predicted molar refractivity (Wildman–Crippen MR) is 75.6 cm³/mol. The highest BCUT2D eigenvalue weighted by Gasteiger charge is 2.13. The molecule has 0 saturated carbocycles. The average molecular weight is 252 g/mol. The van der Waals surface area contributed by atoms with Crippen molar-refractivity contribution in [2.24, 2.45) is 12.8 Å². The first-order valence-electron chi connectivity index (χ1n) is 6.32. The van der Waals surface area contributed by atoms with Gasteiger partial charge in [0.1, 0.15) is 0 Å². The third kappa shape index (κ3) is 2.22. The monoisotopic (exact) mass is 252 g/mol. The molecule has 1 unspecified atom stereocenters. The SMILES string of the molecule is Cn1nncc1C(N)Cc1cccc2ccccc12. The lowest BCUT2D eigenvalue weighted by Gasteiger charge is -2.13. The maximum atomic E-state index is 6.26. The van der Waals surface area contributed by atoms with Crippen LogP contribution < -0.4 is 5.73 Å². The van der Waals surface area contributed by atoms with Crippen LogP contribution in [0.3, 0.4) is 0 Å². The number of nitrogens with two attached hydrogens (primary N) is 1. The molecule has 1 aromatic heterocycles. The summed E-state index contributed by atoms with van der Waals surface area (Å²) >= 11 is 0. The Morgan fingerprint density at radius 3 is 2.74 bits per heavy atom. The third-order valence-corrected chi connectivity index (χ3v) is 3.45. The summed E-state index contributed by atoms with van der Waals surface area (Å²) in [5, 5.41) is 10.3. The molecule has 3 rings (SSSR count). The fraction of sp³-hybridized carbons (Fsp3) is 0.200. The Balaban J connectivity index is 1.96. The van der Waals surface area contributed by atoms with Gasteiger partial charge in [-0.2, -0.15) is 0 Å². The normalized spacial score (nSPS) is 12.7. The van der Waals surface area contributed by atoms with E-state index in [-0.39, 0.29) is 6.04 Å². The van der Waals surface area contributed by atoms with E-state index < -0.39 is 0 Å². The third-order valence-electron chi connectivity index (χ3n) is 3.45. The Hall–Kier alpha value is -2.20. The summed E-state index contributed by atoms with van der Waals surface area (Å²) in [6.45, 7) is 0. The van der Waals surface area contributed by atoms with Crippen LogP contribution >= 0.6 is 0 Å². The molecule has 0 bridgehead atoms. The number of benzene rings is 2. The number of rotatable bonds is 3. The first-order valence-corrected chi connectivity index (χ1v) is 6.32. The Morgan fingerprint density at radius 1 is 1.16 bits per heavy atom. The van der Waals surface area contributed by atoms with Crippen molar-refractivity contribution in [3.8, 4) is 0 Å². The van der Waals surface area contributed by atoms with Gasteiger partial charge in [0.15, 0.2) is 0 Å². The zero-order valence-electron chi connectivity index (χ0n) is 10.8. The van der Waals surface area contributed by atoms with Crippen molar-refractivity contribution < 1.29 is 0 Å². The van der Waals surface area contributed by atoms with Crippen molar-refractivity contribution in [1.82, 2.24) is 15.0 Å². The molecule has 19 heavy (non-hydrogen) atoms. The topological polar surface area (TPSA) is 56.7 Å². The summed E-state index contributed by atoms with van der Waals surface area (Å²) < 4.78 is 1.73. The largest absolute Gasteiger partial charge is 0.322 e. The number of aryl methyl sites for hydroxylation is 1. The summed E-state index contributed by atoms with van der Waals surface area (Å²) in [4.78, 5) is 0. The molecule has 0 amide bonds. The van der Waals surface area contributed by atoms with Gasteiger partial charge >= 0.3 is 0 Å². The smallest absolute Gasteiger partial charge is 0.0754 e. The molecule has 2 aromatic carbocycles. The number of nitrogens with zero attached hydrogens (tertiary/aromatic N) is 3. The van der Waals surface area contributed by atoms with Gasteiger partial charge in [-0.15, -0.1) is 5.10 Å². The van der Waals surface area contributed by atoms with Crippen LogP contribution in [-0.2, 0) is 13.5 Å². The summed E-state index contributed by atoms with van der Waals surface area (Å²) in [6.07, 6.45) is 2.51. The molecule has 0 aliphatic rings. The number of aromatic nitrogens is 3. The van der Waals surface area contributed by atoms with E-state index in [2.05, 4.69) is 52.8 Å². The molecule has 0 saturated heterocycles. The zero-order valence-corrected chi connectivity index (χ0v) is 10.8. The van der Waals surface area contributed by atoms with E-state index in [9.17, 15) is 0 Å². The molecular formula is C15H16N4. The number of fused-ring (bicyclic) bond motifs is 1. The quantitative estimate of drug-likeness (QED) is 0.777. The second-order valence-corrected chi connectivity index (χ2v) is 4.73. The highest BCUT2D eigenvalue weighted by Crippen LogP contribution is 2.22. The first-order chi connectivity index (χ1) is 9.25. The maximum Gasteiger partial charge on any atom is 0.0754 e. The second kappa shape index (κ2) is 4.82. The van der Waals surface area contributed by atoms with E-state index >= 15 is 0 Å². The van der Waals surface area contributed by atoms with E-state index in [1.54, 1.807) is 10.9 Å². The van der Waals surface area contributed by atoms with Gasteiger partial charge in [0.2, 0.25) is 0 Å². The summed E-state index contributed by atoms with van der Waals surface area (Å²) in [7, 11) is 1.87. The van der Waals surface area contributed by atoms with Crippen LogP contribution in [0.5, 0.6) is 0 Å². The number of hydrogen-bond donors (Lipinski definition) is 1. The van der Waals surface area contributed by atoms with Crippen LogP contribution in [0, 0.1) is 0 Å². The lowest BCUT2D eigenvalue weighted by atomic mass is 9.98. The fourth-order valence-corrected chi connectivity index (χ4v) is 2.45. The molecule has 0 aliphatic heterocycles. The molecule has 0 fully saturated rings. The predicted octanol–water partition coefficient (Wildman–Crippen LogP) is 2.21. The highest BCUT2D eigenvalue weighted by atomic mass is 15.4. The fourth-order valence-electron chi connectivity index (χ4n) is 2.45. The van der Waals surface area contributed by atoms with E-state index in [1.165, 1.54) is 16.3 Å². The van der Waals surface area contributed by atoms with Gasteiger partial charge in [-0.05, 0) is 22.8 Å². The van der Waals surface area contributed by atoms with Crippen molar-refractivity contribution in [2.75, 3.05) is 0 Å². The van der Waals surface area contributed by atoms with Crippen LogP contribution in [0.4, 0.5) is 0 Å². The Labute approximate surface area is 111 Å². The van der Waals surface area contributed by atoms with Gasteiger partial charge in [0, 0.05) is 7.05 Å². The lowest BCUT2D eigenvalue weighted by molar-refractivity contribution is 0.608. The maximum absolute atomic E-state index is 6.26. The second-order valence-electron chi connectivity index (χ2n) is 4.73. The van der Waals surface area contributed by atoms with Gasteiger partial charge in [-0.3, -0.25) is 4.68 Å². The Kier molecular flexibility index (Phi) is 3.01. The van der Waals surface area contributed by atoms with Gasteiger partial charge in [-0.25, -0.2) is 0 Å². The molecule has 96 valence electrons. The minimum atomic E-state index is -0.0918. The minimum absolute atomic E-state index is 0.0918. The van der Waals surface area contributed by atoms with Gasteiger partial charge in [-0.1, -0.05) is 47.7 Å². The van der Waals surface area contributed by atoms with Crippen LogP contribution in [-0.4, -0.2) is 15.0 Å².